The molecule has 0 unspecified atom stereocenters. The van der Waals surface area contributed by atoms with E-state index in [1.54, 1.807) is 12.5 Å². The average molecular weight is 313 g/mol. The van der Waals surface area contributed by atoms with Crippen LogP contribution in [-0.2, 0) is 11.3 Å². The smallest absolute Gasteiger partial charge is 0.341 e. The van der Waals surface area contributed by atoms with Gasteiger partial charge in [-0.2, -0.15) is 0 Å². The lowest BCUT2D eigenvalue weighted by Gasteiger charge is -2.24. The summed E-state index contributed by atoms with van der Waals surface area (Å²) in [4.78, 5) is 21.3. The molecule has 1 aromatic carbocycles. The topological polar surface area (TPSA) is 75.6 Å². The van der Waals surface area contributed by atoms with Gasteiger partial charge >= 0.3 is 5.97 Å². The highest BCUT2D eigenvalue weighted by Gasteiger charge is 2.26. The van der Waals surface area contributed by atoms with Crippen LogP contribution in [0.5, 0.6) is 5.75 Å². The normalized spacial score (nSPS) is 18.0. The molecule has 1 aliphatic rings. The molecule has 1 saturated heterocycles. The predicted octanol–water partition coefficient (Wildman–Crippen LogP) is 2.28. The SMILES string of the molecule is O=C(O)COc1ccc(CN2CCC[C@@H]2c2ccncn2)cc1. The standard InChI is InChI=1S/C17H19N3O3/c21-17(22)11-23-14-5-3-13(4-6-14)10-20-9-1-2-16(20)15-7-8-18-12-19-15/h3-8,12,16H,1-2,9-11H2,(H,21,22)/t16-/m1/s1. The number of aliphatic carboxylic acids is 1. The largest absolute Gasteiger partial charge is 0.482 e. The third-order valence-corrected chi connectivity index (χ3v) is 3.98. The number of hydrogen-bond donors (Lipinski definition) is 1. The molecule has 23 heavy (non-hydrogen) atoms. The lowest BCUT2D eigenvalue weighted by atomic mass is 10.1. The van der Waals surface area contributed by atoms with Crippen molar-refractivity contribution >= 4 is 5.97 Å². The van der Waals surface area contributed by atoms with Gasteiger partial charge in [0.05, 0.1) is 11.7 Å². The molecule has 1 atom stereocenters. The summed E-state index contributed by atoms with van der Waals surface area (Å²) >= 11 is 0. The molecule has 6 heteroatoms. The van der Waals surface area contributed by atoms with E-state index in [4.69, 9.17) is 9.84 Å². The summed E-state index contributed by atoms with van der Waals surface area (Å²) < 4.78 is 5.15. The van der Waals surface area contributed by atoms with Crippen LogP contribution in [0.2, 0.25) is 0 Å². The van der Waals surface area contributed by atoms with Crippen LogP contribution in [0, 0.1) is 0 Å². The van der Waals surface area contributed by atoms with Gasteiger partial charge in [0.25, 0.3) is 0 Å². The number of ether oxygens (including phenoxy) is 1. The van der Waals surface area contributed by atoms with Crippen LogP contribution in [0.15, 0.2) is 42.9 Å². The zero-order valence-corrected chi connectivity index (χ0v) is 12.8. The van der Waals surface area contributed by atoms with Crippen molar-refractivity contribution in [3.8, 4) is 5.75 Å². The van der Waals surface area contributed by atoms with Gasteiger partial charge in [-0.1, -0.05) is 12.1 Å². The van der Waals surface area contributed by atoms with Crippen molar-refractivity contribution in [2.45, 2.75) is 25.4 Å². The molecular weight excluding hydrogens is 294 g/mol. The summed E-state index contributed by atoms with van der Waals surface area (Å²) in [6.07, 6.45) is 5.65. The van der Waals surface area contributed by atoms with E-state index in [2.05, 4.69) is 14.9 Å². The number of carboxylic acid groups (broad SMARTS) is 1. The molecule has 0 spiro atoms. The van der Waals surface area contributed by atoms with Crippen LogP contribution in [0.25, 0.3) is 0 Å². The number of carbonyl (C=O) groups is 1. The first-order valence-corrected chi connectivity index (χ1v) is 7.66. The van der Waals surface area contributed by atoms with Gasteiger partial charge in [-0.25, -0.2) is 14.8 Å². The van der Waals surface area contributed by atoms with Gasteiger partial charge in [-0.3, -0.25) is 4.90 Å². The van der Waals surface area contributed by atoms with Crippen molar-refractivity contribution < 1.29 is 14.6 Å². The van der Waals surface area contributed by atoms with Gasteiger partial charge in [0, 0.05) is 12.7 Å². The Morgan fingerprint density at radius 1 is 1.30 bits per heavy atom. The van der Waals surface area contributed by atoms with E-state index in [9.17, 15) is 4.79 Å². The maximum atomic E-state index is 10.5. The third-order valence-electron chi connectivity index (χ3n) is 3.98. The highest BCUT2D eigenvalue weighted by atomic mass is 16.5. The molecule has 1 fully saturated rings. The average Bonchev–Trinajstić information content (AvgIpc) is 3.03. The Hall–Kier alpha value is -2.47. The molecule has 0 saturated carbocycles. The third kappa shape index (κ3) is 4.04. The monoisotopic (exact) mass is 313 g/mol. The van der Waals surface area contributed by atoms with Crippen LogP contribution in [0.3, 0.4) is 0 Å². The molecule has 120 valence electrons. The maximum absolute atomic E-state index is 10.5. The zero-order valence-electron chi connectivity index (χ0n) is 12.8. The van der Waals surface area contributed by atoms with Gasteiger partial charge in [0.15, 0.2) is 6.61 Å². The van der Waals surface area contributed by atoms with Crippen molar-refractivity contribution in [3.63, 3.8) is 0 Å². The van der Waals surface area contributed by atoms with Gasteiger partial charge in [-0.15, -0.1) is 0 Å². The van der Waals surface area contributed by atoms with Gasteiger partial charge in [0.2, 0.25) is 0 Å². The van der Waals surface area contributed by atoms with Gasteiger partial charge in [-0.05, 0) is 43.1 Å². The van der Waals surface area contributed by atoms with E-state index in [1.807, 2.05) is 30.3 Å². The second kappa shape index (κ2) is 7.19. The molecule has 2 heterocycles. The number of benzene rings is 1. The minimum absolute atomic E-state index is 0.318. The minimum Gasteiger partial charge on any atom is -0.482 e. The maximum Gasteiger partial charge on any atom is 0.341 e. The van der Waals surface area contributed by atoms with E-state index in [0.717, 1.165) is 31.6 Å². The molecule has 1 aliphatic heterocycles. The number of rotatable bonds is 6. The van der Waals surface area contributed by atoms with Crippen LogP contribution >= 0.6 is 0 Å². The Morgan fingerprint density at radius 3 is 2.83 bits per heavy atom. The van der Waals surface area contributed by atoms with Crippen LogP contribution < -0.4 is 4.74 Å². The van der Waals surface area contributed by atoms with Crippen LogP contribution in [0.1, 0.15) is 30.1 Å². The molecule has 0 radical (unpaired) electrons. The molecule has 6 nitrogen and oxygen atoms in total. The van der Waals surface area contributed by atoms with Gasteiger partial charge in [0.1, 0.15) is 12.1 Å². The molecule has 0 bridgehead atoms. The Bertz CT molecular complexity index is 646. The highest BCUT2D eigenvalue weighted by molar-refractivity contribution is 5.68. The van der Waals surface area contributed by atoms with Gasteiger partial charge < -0.3 is 9.84 Å². The summed E-state index contributed by atoms with van der Waals surface area (Å²) in [6, 6.07) is 9.90. The Labute approximate surface area is 134 Å². The second-order valence-corrected chi connectivity index (χ2v) is 5.59. The van der Waals surface area contributed by atoms with E-state index in [-0.39, 0.29) is 6.61 Å². The first-order valence-electron chi connectivity index (χ1n) is 7.66. The zero-order chi connectivity index (χ0) is 16.1. The summed E-state index contributed by atoms with van der Waals surface area (Å²) in [5.74, 6) is -0.399. The van der Waals surface area contributed by atoms with Crippen LogP contribution in [0.4, 0.5) is 0 Å². The molecule has 3 rings (SSSR count). The number of likely N-dealkylation sites (tertiary alicyclic amines) is 1. The van der Waals surface area contributed by atoms with E-state index >= 15 is 0 Å². The van der Waals surface area contributed by atoms with E-state index in [1.165, 1.54) is 5.56 Å². The van der Waals surface area contributed by atoms with E-state index < -0.39 is 5.97 Å². The summed E-state index contributed by atoms with van der Waals surface area (Å²) in [5.41, 5.74) is 2.24. The predicted molar refractivity (Wildman–Crippen MR) is 84.0 cm³/mol. The first kappa shape index (κ1) is 15.4. The fourth-order valence-corrected chi connectivity index (χ4v) is 2.92. The molecule has 2 aromatic rings. The summed E-state index contributed by atoms with van der Waals surface area (Å²) in [7, 11) is 0. The Balaban J connectivity index is 1.63. The summed E-state index contributed by atoms with van der Waals surface area (Å²) in [6.45, 7) is 1.57. The summed E-state index contributed by atoms with van der Waals surface area (Å²) in [5, 5.41) is 8.61. The second-order valence-electron chi connectivity index (χ2n) is 5.59. The van der Waals surface area contributed by atoms with Crippen molar-refractivity contribution in [1.82, 2.24) is 14.9 Å². The van der Waals surface area contributed by atoms with Crippen LogP contribution in [-0.4, -0.2) is 39.1 Å². The fraction of sp³-hybridized carbons (Fsp3) is 0.353. The quantitative estimate of drug-likeness (QED) is 0.882. The fourth-order valence-electron chi connectivity index (χ4n) is 2.92. The minimum atomic E-state index is -0.973. The van der Waals surface area contributed by atoms with Crippen molar-refractivity contribution in [2.75, 3.05) is 13.2 Å². The Morgan fingerprint density at radius 2 is 2.13 bits per heavy atom. The number of carboxylic acids is 1. The lowest BCUT2D eigenvalue weighted by Crippen LogP contribution is -2.23. The number of hydrogen-bond acceptors (Lipinski definition) is 5. The molecule has 0 aliphatic carbocycles. The van der Waals surface area contributed by atoms with Crippen molar-refractivity contribution in [2.24, 2.45) is 0 Å². The number of nitrogens with zero attached hydrogens (tertiary/aromatic N) is 3. The molecule has 1 N–H and O–H groups in total. The molecule has 1 aromatic heterocycles. The van der Waals surface area contributed by atoms with Crippen molar-refractivity contribution in [1.29, 1.82) is 0 Å². The lowest BCUT2D eigenvalue weighted by molar-refractivity contribution is -0.139. The number of aromatic nitrogens is 2. The van der Waals surface area contributed by atoms with E-state index in [0.29, 0.717) is 11.8 Å². The highest BCUT2D eigenvalue weighted by Crippen LogP contribution is 2.31. The van der Waals surface area contributed by atoms with Crippen molar-refractivity contribution in [3.05, 3.63) is 54.1 Å². The Kier molecular flexibility index (Phi) is 4.83. The molecular formula is C17H19N3O3. The molecule has 0 amide bonds. The first-order chi connectivity index (χ1) is 11.2.